The van der Waals surface area contributed by atoms with Gasteiger partial charge in [0, 0.05) is 31.3 Å². The van der Waals surface area contributed by atoms with E-state index in [1.54, 1.807) is 13.8 Å². The van der Waals surface area contributed by atoms with Gasteiger partial charge in [0.15, 0.2) is 0 Å². The predicted octanol–water partition coefficient (Wildman–Crippen LogP) is 2.21. The maximum atomic E-state index is 12.7. The number of aryl methyl sites for hydroxylation is 2. The largest absolute Gasteiger partial charge is 0.327 e. The fourth-order valence-corrected chi connectivity index (χ4v) is 3.66. The number of hydrogen-bond donors (Lipinski definition) is 1. The molecule has 0 amide bonds. The van der Waals surface area contributed by atoms with Crippen molar-refractivity contribution in [3.05, 3.63) is 33.4 Å². The van der Waals surface area contributed by atoms with Gasteiger partial charge in [-0.05, 0) is 37.8 Å². The summed E-state index contributed by atoms with van der Waals surface area (Å²) >= 11 is 0. The highest BCUT2D eigenvalue weighted by Gasteiger charge is 2.26. The second-order valence-electron chi connectivity index (χ2n) is 6.18. The molecule has 0 spiro atoms. The number of sulfonamides is 1. The Hall–Kier alpha value is -1.51. The van der Waals surface area contributed by atoms with Crippen molar-refractivity contribution < 1.29 is 13.3 Å². The third kappa shape index (κ3) is 4.49. The summed E-state index contributed by atoms with van der Waals surface area (Å²) in [5, 5.41) is 11.1. The first-order valence-electron chi connectivity index (χ1n) is 7.46. The normalized spacial score (nSPS) is 13.6. The minimum absolute atomic E-state index is 0.0320. The standard InChI is InChI=1S/C15H25N3O4S/c1-10(2)13(16)6-7-17(5)23(21,22)15-9-14(18(19)20)11(3)8-12(15)4/h8-10,13H,6-7,16H2,1-5H3. The highest BCUT2D eigenvalue weighted by atomic mass is 32.2. The van der Waals surface area contributed by atoms with Crippen LogP contribution in [-0.2, 0) is 10.0 Å². The number of nitrogens with two attached hydrogens (primary N) is 1. The summed E-state index contributed by atoms with van der Waals surface area (Å²) < 4.78 is 26.6. The summed E-state index contributed by atoms with van der Waals surface area (Å²) in [7, 11) is -2.32. The molecule has 8 heteroatoms. The molecule has 0 aromatic heterocycles. The van der Waals surface area contributed by atoms with E-state index >= 15 is 0 Å². The summed E-state index contributed by atoms with van der Waals surface area (Å²) in [4.78, 5) is 10.5. The number of rotatable bonds is 7. The highest BCUT2D eigenvalue weighted by Crippen LogP contribution is 2.27. The number of hydrogen-bond acceptors (Lipinski definition) is 5. The van der Waals surface area contributed by atoms with Crippen molar-refractivity contribution in [3.63, 3.8) is 0 Å². The van der Waals surface area contributed by atoms with Gasteiger partial charge in [0.2, 0.25) is 10.0 Å². The summed E-state index contributed by atoms with van der Waals surface area (Å²) in [5.74, 6) is 0.258. The lowest BCUT2D eigenvalue weighted by atomic mass is 10.0. The maximum absolute atomic E-state index is 12.7. The molecule has 0 radical (unpaired) electrons. The van der Waals surface area contributed by atoms with Crippen LogP contribution in [0, 0.1) is 29.9 Å². The molecule has 0 bridgehead atoms. The van der Waals surface area contributed by atoms with Crippen LogP contribution in [0.4, 0.5) is 5.69 Å². The molecule has 130 valence electrons. The van der Waals surface area contributed by atoms with Crippen LogP contribution in [0.25, 0.3) is 0 Å². The molecule has 0 fully saturated rings. The van der Waals surface area contributed by atoms with Crippen molar-refractivity contribution in [2.45, 2.75) is 45.1 Å². The number of nitro groups is 1. The van der Waals surface area contributed by atoms with Crippen molar-refractivity contribution in [2.24, 2.45) is 11.7 Å². The zero-order valence-electron chi connectivity index (χ0n) is 14.2. The van der Waals surface area contributed by atoms with Gasteiger partial charge >= 0.3 is 0 Å². The van der Waals surface area contributed by atoms with Gasteiger partial charge in [-0.2, -0.15) is 0 Å². The van der Waals surface area contributed by atoms with Crippen LogP contribution in [-0.4, -0.2) is 37.3 Å². The van der Waals surface area contributed by atoms with Crippen LogP contribution in [0.3, 0.4) is 0 Å². The van der Waals surface area contributed by atoms with E-state index in [2.05, 4.69) is 0 Å². The molecule has 1 rings (SSSR count). The van der Waals surface area contributed by atoms with Gasteiger partial charge in [-0.3, -0.25) is 10.1 Å². The van der Waals surface area contributed by atoms with Crippen molar-refractivity contribution >= 4 is 15.7 Å². The van der Waals surface area contributed by atoms with Crippen molar-refractivity contribution in [2.75, 3.05) is 13.6 Å². The minimum atomic E-state index is -3.79. The van der Waals surface area contributed by atoms with E-state index in [1.807, 2.05) is 13.8 Å². The molecule has 0 aliphatic heterocycles. The molecule has 0 aliphatic rings. The Morgan fingerprint density at radius 2 is 1.83 bits per heavy atom. The molecule has 23 heavy (non-hydrogen) atoms. The molecule has 2 N–H and O–H groups in total. The smallest absolute Gasteiger partial charge is 0.273 e. The van der Waals surface area contributed by atoms with Crippen LogP contribution >= 0.6 is 0 Å². The molecule has 0 saturated carbocycles. The first kappa shape index (κ1) is 19.5. The molecule has 0 saturated heterocycles. The van der Waals surface area contributed by atoms with E-state index in [0.29, 0.717) is 17.5 Å². The molecule has 0 heterocycles. The third-order valence-corrected chi connectivity index (χ3v) is 6.01. The van der Waals surface area contributed by atoms with Gasteiger partial charge in [0.25, 0.3) is 5.69 Å². The first-order chi connectivity index (χ1) is 10.5. The zero-order chi connectivity index (χ0) is 17.9. The average Bonchev–Trinajstić information content (AvgIpc) is 2.43. The monoisotopic (exact) mass is 343 g/mol. The molecular formula is C15H25N3O4S. The van der Waals surface area contributed by atoms with E-state index in [1.165, 1.54) is 17.4 Å². The summed E-state index contributed by atoms with van der Waals surface area (Å²) in [6.45, 7) is 7.45. The van der Waals surface area contributed by atoms with Gasteiger partial charge in [-0.1, -0.05) is 13.8 Å². The Bertz CT molecular complexity index is 686. The van der Waals surface area contributed by atoms with Crippen molar-refractivity contribution in [1.82, 2.24) is 4.31 Å². The van der Waals surface area contributed by atoms with Crippen LogP contribution < -0.4 is 5.73 Å². The fraction of sp³-hybridized carbons (Fsp3) is 0.600. The van der Waals surface area contributed by atoms with Crippen LogP contribution in [0.1, 0.15) is 31.4 Å². The van der Waals surface area contributed by atoms with E-state index < -0.39 is 14.9 Å². The van der Waals surface area contributed by atoms with Crippen LogP contribution in [0.2, 0.25) is 0 Å². The van der Waals surface area contributed by atoms with Gasteiger partial charge in [-0.25, -0.2) is 12.7 Å². The second-order valence-corrected chi connectivity index (χ2v) is 8.20. The van der Waals surface area contributed by atoms with Gasteiger partial charge in [-0.15, -0.1) is 0 Å². The van der Waals surface area contributed by atoms with Crippen molar-refractivity contribution in [1.29, 1.82) is 0 Å². The average molecular weight is 343 g/mol. The Balaban J connectivity index is 3.13. The van der Waals surface area contributed by atoms with Crippen LogP contribution in [0.15, 0.2) is 17.0 Å². The lowest BCUT2D eigenvalue weighted by Gasteiger charge is -2.22. The number of nitrogens with zero attached hydrogens (tertiary/aromatic N) is 2. The Morgan fingerprint density at radius 1 is 1.26 bits per heavy atom. The number of nitro benzene ring substituents is 1. The molecule has 1 unspecified atom stereocenters. The van der Waals surface area contributed by atoms with E-state index in [4.69, 9.17) is 5.73 Å². The fourth-order valence-electron chi connectivity index (χ4n) is 2.25. The predicted molar refractivity (Wildman–Crippen MR) is 89.8 cm³/mol. The molecule has 1 aromatic carbocycles. The van der Waals surface area contributed by atoms with Crippen molar-refractivity contribution in [3.8, 4) is 0 Å². The van der Waals surface area contributed by atoms with Gasteiger partial charge < -0.3 is 5.73 Å². The first-order valence-corrected chi connectivity index (χ1v) is 8.90. The second kappa shape index (κ2) is 7.37. The van der Waals surface area contributed by atoms with E-state index in [-0.39, 0.29) is 29.1 Å². The van der Waals surface area contributed by atoms with E-state index in [0.717, 1.165) is 6.07 Å². The summed E-state index contributed by atoms with van der Waals surface area (Å²) in [6.07, 6.45) is 0.528. The highest BCUT2D eigenvalue weighted by molar-refractivity contribution is 7.89. The Labute approximate surface area is 137 Å². The van der Waals surface area contributed by atoms with Crippen LogP contribution in [0.5, 0.6) is 0 Å². The zero-order valence-corrected chi connectivity index (χ0v) is 15.1. The quantitative estimate of drug-likeness (QED) is 0.603. The Kier molecular flexibility index (Phi) is 6.26. The summed E-state index contributed by atoms with van der Waals surface area (Å²) in [6, 6.07) is 2.57. The summed E-state index contributed by atoms with van der Waals surface area (Å²) in [5.41, 5.74) is 6.69. The number of benzene rings is 1. The lowest BCUT2D eigenvalue weighted by molar-refractivity contribution is -0.385. The third-order valence-electron chi connectivity index (χ3n) is 4.01. The SMILES string of the molecule is Cc1cc(C)c(S(=O)(=O)N(C)CCC(N)C(C)C)cc1[N+](=O)[O-]. The molecule has 7 nitrogen and oxygen atoms in total. The lowest BCUT2D eigenvalue weighted by Crippen LogP contribution is -2.35. The molecule has 1 aromatic rings. The van der Waals surface area contributed by atoms with E-state index in [9.17, 15) is 18.5 Å². The maximum Gasteiger partial charge on any atom is 0.273 e. The van der Waals surface area contributed by atoms with Gasteiger partial charge in [0.1, 0.15) is 0 Å². The molecular weight excluding hydrogens is 318 g/mol. The Morgan fingerprint density at radius 3 is 2.30 bits per heavy atom. The topological polar surface area (TPSA) is 107 Å². The van der Waals surface area contributed by atoms with Gasteiger partial charge in [0.05, 0.1) is 9.82 Å². The minimum Gasteiger partial charge on any atom is -0.327 e. The molecule has 1 atom stereocenters. The molecule has 0 aliphatic carbocycles.